The largest absolute Gasteiger partial charge is 0.345 e. The SMILES string of the molecule is Cc1cccc(C(=O)NCC=O)c1. The van der Waals surface area contributed by atoms with E-state index < -0.39 is 0 Å². The Labute approximate surface area is 76.8 Å². The van der Waals surface area contributed by atoms with Crippen molar-refractivity contribution in [2.75, 3.05) is 6.54 Å². The van der Waals surface area contributed by atoms with Crippen LogP contribution in [-0.4, -0.2) is 18.7 Å². The van der Waals surface area contributed by atoms with E-state index >= 15 is 0 Å². The monoisotopic (exact) mass is 177 g/mol. The predicted molar refractivity (Wildman–Crippen MR) is 49.6 cm³/mol. The second kappa shape index (κ2) is 4.40. The topological polar surface area (TPSA) is 46.2 Å². The third kappa shape index (κ3) is 2.71. The van der Waals surface area contributed by atoms with Gasteiger partial charge in [0.05, 0.1) is 6.54 Å². The lowest BCUT2D eigenvalue weighted by Crippen LogP contribution is -2.25. The molecule has 0 atom stereocenters. The van der Waals surface area contributed by atoms with E-state index in [2.05, 4.69) is 5.32 Å². The van der Waals surface area contributed by atoms with Gasteiger partial charge in [0.1, 0.15) is 6.29 Å². The zero-order chi connectivity index (χ0) is 9.68. The normalized spacial score (nSPS) is 9.31. The third-order valence-corrected chi connectivity index (χ3v) is 1.63. The Morgan fingerprint density at radius 3 is 2.92 bits per heavy atom. The van der Waals surface area contributed by atoms with Crippen LogP contribution in [0.4, 0.5) is 0 Å². The molecule has 1 aromatic rings. The predicted octanol–water partition coefficient (Wildman–Crippen LogP) is 0.924. The molecule has 0 aliphatic heterocycles. The number of benzene rings is 1. The molecule has 0 saturated heterocycles. The Hall–Kier alpha value is -1.64. The number of carbonyl (C=O) groups excluding carboxylic acids is 2. The standard InChI is InChI=1S/C10H11NO2/c1-8-3-2-4-9(7-8)10(13)11-5-6-12/h2-4,6-7H,5H2,1H3,(H,11,13). The Morgan fingerprint density at radius 1 is 1.54 bits per heavy atom. The molecule has 68 valence electrons. The minimum atomic E-state index is -0.212. The minimum Gasteiger partial charge on any atom is -0.345 e. The van der Waals surface area contributed by atoms with Crippen molar-refractivity contribution in [3.63, 3.8) is 0 Å². The van der Waals surface area contributed by atoms with Crippen LogP contribution < -0.4 is 5.32 Å². The molecule has 1 rings (SSSR count). The van der Waals surface area contributed by atoms with Crippen LogP contribution in [0.1, 0.15) is 15.9 Å². The maximum atomic E-state index is 11.3. The molecule has 13 heavy (non-hydrogen) atoms. The summed E-state index contributed by atoms with van der Waals surface area (Å²) in [6.45, 7) is 1.98. The molecule has 1 aromatic carbocycles. The van der Waals surface area contributed by atoms with Crippen molar-refractivity contribution in [2.45, 2.75) is 6.92 Å². The summed E-state index contributed by atoms with van der Waals surface area (Å²) < 4.78 is 0. The Kier molecular flexibility index (Phi) is 3.20. The molecule has 0 spiro atoms. The first-order valence-electron chi connectivity index (χ1n) is 4.02. The Morgan fingerprint density at radius 2 is 2.31 bits per heavy atom. The molecular weight excluding hydrogens is 166 g/mol. The van der Waals surface area contributed by atoms with Crippen LogP contribution in [0, 0.1) is 6.92 Å². The lowest BCUT2D eigenvalue weighted by atomic mass is 10.1. The van der Waals surface area contributed by atoms with Gasteiger partial charge in [-0.3, -0.25) is 4.79 Å². The van der Waals surface area contributed by atoms with Crippen LogP contribution >= 0.6 is 0 Å². The van der Waals surface area contributed by atoms with Gasteiger partial charge in [-0.2, -0.15) is 0 Å². The van der Waals surface area contributed by atoms with E-state index in [1.165, 1.54) is 0 Å². The number of aryl methyl sites for hydroxylation is 1. The summed E-state index contributed by atoms with van der Waals surface area (Å²) >= 11 is 0. The summed E-state index contributed by atoms with van der Waals surface area (Å²) in [4.78, 5) is 21.3. The van der Waals surface area contributed by atoms with Crippen LogP contribution in [0.2, 0.25) is 0 Å². The molecule has 1 N–H and O–H groups in total. The number of hydrogen-bond acceptors (Lipinski definition) is 2. The van der Waals surface area contributed by atoms with Gasteiger partial charge in [-0.25, -0.2) is 0 Å². The first-order chi connectivity index (χ1) is 6.24. The van der Waals surface area contributed by atoms with Gasteiger partial charge < -0.3 is 10.1 Å². The molecular formula is C10H11NO2. The summed E-state index contributed by atoms with van der Waals surface area (Å²) in [6.07, 6.45) is 0.660. The van der Waals surface area contributed by atoms with Crippen molar-refractivity contribution in [2.24, 2.45) is 0 Å². The molecule has 0 fully saturated rings. The zero-order valence-corrected chi connectivity index (χ0v) is 7.41. The summed E-state index contributed by atoms with van der Waals surface area (Å²) in [5, 5.41) is 2.47. The average Bonchev–Trinajstić information content (AvgIpc) is 2.14. The van der Waals surface area contributed by atoms with E-state index in [-0.39, 0.29) is 12.5 Å². The molecule has 3 heteroatoms. The van der Waals surface area contributed by atoms with Crippen molar-refractivity contribution in [1.29, 1.82) is 0 Å². The molecule has 0 aliphatic rings. The fourth-order valence-electron chi connectivity index (χ4n) is 1.02. The van der Waals surface area contributed by atoms with Crippen molar-refractivity contribution in [3.8, 4) is 0 Å². The molecule has 0 saturated carbocycles. The summed E-state index contributed by atoms with van der Waals surface area (Å²) in [5.41, 5.74) is 1.61. The van der Waals surface area contributed by atoms with Gasteiger partial charge in [-0.1, -0.05) is 17.7 Å². The summed E-state index contributed by atoms with van der Waals surface area (Å²) in [7, 11) is 0. The molecule has 0 heterocycles. The van der Waals surface area contributed by atoms with E-state index in [0.717, 1.165) is 5.56 Å². The molecule has 0 aliphatic carbocycles. The highest BCUT2D eigenvalue weighted by molar-refractivity contribution is 5.95. The lowest BCUT2D eigenvalue weighted by molar-refractivity contribution is -0.107. The average molecular weight is 177 g/mol. The van der Waals surface area contributed by atoms with Crippen LogP contribution in [0.5, 0.6) is 0 Å². The van der Waals surface area contributed by atoms with Crippen LogP contribution in [0.15, 0.2) is 24.3 Å². The van der Waals surface area contributed by atoms with E-state index in [9.17, 15) is 9.59 Å². The lowest BCUT2D eigenvalue weighted by Gasteiger charge is -2.01. The van der Waals surface area contributed by atoms with Crippen LogP contribution in [0.25, 0.3) is 0 Å². The number of rotatable bonds is 3. The van der Waals surface area contributed by atoms with Gasteiger partial charge in [-0.15, -0.1) is 0 Å². The molecule has 0 bridgehead atoms. The maximum absolute atomic E-state index is 11.3. The van der Waals surface area contributed by atoms with E-state index in [4.69, 9.17) is 0 Å². The van der Waals surface area contributed by atoms with Gasteiger partial charge in [0.25, 0.3) is 5.91 Å². The van der Waals surface area contributed by atoms with Gasteiger partial charge in [0, 0.05) is 5.56 Å². The quantitative estimate of drug-likeness (QED) is 0.698. The molecule has 0 radical (unpaired) electrons. The van der Waals surface area contributed by atoms with Gasteiger partial charge in [0.2, 0.25) is 0 Å². The Bertz CT molecular complexity index is 320. The van der Waals surface area contributed by atoms with E-state index in [0.29, 0.717) is 11.8 Å². The van der Waals surface area contributed by atoms with E-state index in [1.807, 2.05) is 19.1 Å². The number of amides is 1. The van der Waals surface area contributed by atoms with Gasteiger partial charge >= 0.3 is 0 Å². The highest BCUT2D eigenvalue weighted by Gasteiger charge is 2.02. The minimum absolute atomic E-state index is 0.0623. The summed E-state index contributed by atoms with van der Waals surface area (Å²) in [5.74, 6) is -0.212. The highest BCUT2D eigenvalue weighted by Crippen LogP contribution is 2.02. The highest BCUT2D eigenvalue weighted by atomic mass is 16.2. The molecule has 1 amide bonds. The van der Waals surface area contributed by atoms with E-state index in [1.54, 1.807) is 12.1 Å². The van der Waals surface area contributed by atoms with Crippen LogP contribution in [-0.2, 0) is 4.79 Å². The van der Waals surface area contributed by atoms with Gasteiger partial charge in [-0.05, 0) is 19.1 Å². The second-order valence-corrected chi connectivity index (χ2v) is 2.75. The number of carbonyl (C=O) groups is 2. The second-order valence-electron chi connectivity index (χ2n) is 2.75. The van der Waals surface area contributed by atoms with Crippen molar-refractivity contribution < 1.29 is 9.59 Å². The maximum Gasteiger partial charge on any atom is 0.251 e. The molecule has 0 unspecified atom stereocenters. The zero-order valence-electron chi connectivity index (χ0n) is 7.41. The molecule has 0 aromatic heterocycles. The first kappa shape index (κ1) is 9.45. The first-order valence-corrected chi connectivity index (χ1v) is 4.02. The van der Waals surface area contributed by atoms with Gasteiger partial charge in [0.15, 0.2) is 0 Å². The molecule has 3 nitrogen and oxygen atoms in total. The van der Waals surface area contributed by atoms with Crippen molar-refractivity contribution in [3.05, 3.63) is 35.4 Å². The smallest absolute Gasteiger partial charge is 0.251 e. The van der Waals surface area contributed by atoms with Crippen LogP contribution in [0.3, 0.4) is 0 Å². The Balaban J connectivity index is 2.71. The number of aldehydes is 1. The van der Waals surface area contributed by atoms with Crippen molar-refractivity contribution >= 4 is 12.2 Å². The third-order valence-electron chi connectivity index (χ3n) is 1.63. The fourth-order valence-corrected chi connectivity index (χ4v) is 1.02. The summed E-state index contributed by atoms with van der Waals surface area (Å²) in [6, 6.07) is 7.22. The number of hydrogen-bond donors (Lipinski definition) is 1. The number of nitrogens with one attached hydrogen (secondary N) is 1. The fraction of sp³-hybridized carbons (Fsp3) is 0.200. The van der Waals surface area contributed by atoms with Crippen molar-refractivity contribution in [1.82, 2.24) is 5.32 Å².